The van der Waals surface area contributed by atoms with E-state index >= 15 is 0 Å². The van der Waals surface area contributed by atoms with Crippen molar-refractivity contribution < 1.29 is 14.6 Å². The summed E-state index contributed by atoms with van der Waals surface area (Å²) in [6.45, 7) is 4.67. The minimum atomic E-state index is -0.396. The maximum Gasteiger partial charge on any atom is 0.336 e. The summed E-state index contributed by atoms with van der Waals surface area (Å²) in [5, 5.41) is 20.2. The molecule has 1 aliphatic rings. The summed E-state index contributed by atoms with van der Waals surface area (Å²) in [7, 11) is 0. The Hall–Kier alpha value is -1.85. The number of hydrogen-bond acceptors (Lipinski definition) is 5. The third kappa shape index (κ3) is 3.41. The molecule has 5 nitrogen and oxygen atoms in total. The molecule has 3 rings (SSSR count). The molecule has 0 saturated carbocycles. The van der Waals surface area contributed by atoms with E-state index < -0.39 is 5.63 Å². The number of fused-ring (bicyclic) bond motifs is 1. The molecular formula is C18H23NO4. The fourth-order valence-electron chi connectivity index (χ4n) is 3.41. The number of nitrogens with zero attached hydrogens (tertiary/aromatic N) is 1. The van der Waals surface area contributed by atoms with Gasteiger partial charge < -0.3 is 14.6 Å². The number of aromatic hydroxyl groups is 1. The minimum Gasteiger partial charge on any atom is -0.508 e. The number of rotatable bonds is 4. The van der Waals surface area contributed by atoms with Crippen LogP contribution in [-0.2, 0) is 13.0 Å². The first-order valence-electron chi connectivity index (χ1n) is 8.22. The monoisotopic (exact) mass is 317 g/mol. The van der Waals surface area contributed by atoms with E-state index in [4.69, 9.17) is 4.42 Å². The highest BCUT2D eigenvalue weighted by atomic mass is 16.4. The van der Waals surface area contributed by atoms with Gasteiger partial charge in [0.25, 0.3) is 0 Å². The standard InChI is InChI=1S/C18H23NO4/c1-2-13-6-15-14(7-18(22)23-17(15)8-16(13)21)10-19-5-3-4-12(9-19)11-20/h6-8,12,20-21H,2-5,9-11H2,1H3. The Bertz CT molecular complexity index is 753. The third-order valence-electron chi connectivity index (χ3n) is 4.67. The topological polar surface area (TPSA) is 73.9 Å². The molecule has 0 radical (unpaired) electrons. The van der Waals surface area contributed by atoms with Crippen molar-refractivity contribution in [2.24, 2.45) is 5.92 Å². The van der Waals surface area contributed by atoms with Gasteiger partial charge >= 0.3 is 5.63 Å². The molecule has 1 aromatic carbocycles. The van der Waals surface area contributed by atoms with Crippen LogP contribution in [0, 0.1) is 5.92 Å². The summed E-state index contributed by atoms with van der Waals surface area (Å²) < 4.78 is 5.24. The van der Waals surface area contributed by atoms with E-state index in [9.17, 15) is 15.0 Å². The van der Waals surface area contributed by atoms with Crippen LogP contribution in [0.5, 0.6) is 5.75 Å². The zero-order valence-electron chi connectivity index (χ0n) is 13.4. The van der Waals surface area contributed by atoms with E-state index in [-0.39, 0.29) is 12.4 Å². The number of piperidine rings is 1. The number of likely N-dealkylation sites (tertiary alicyclic amines) is 1. The molecule has 1 unspecified atom stereocenters. The fraction of sp³-hybridized carbons (Fsp3) is 0.500. The smallest absolute Gasteiger partial charge is 0.336 e. The summed E-state index contributed by atoms with van der Waals surface area (Å²) in [6, 6.07) is 4.99. The normalized spacial score (nSPS) is 19.3. The van der Waals surface area contributed by atoms with E-state index in [0.717, 1.165) is 48.9 Å². The highest BCUT2D eigenvalue weighted by Crippen LogP contribution is 2.28. The van der Waals surface area contributed by atoms with Gasteiger partial charge in [0, 0.05) is 37.2 Å². The molecule has 0 spiro atoms. The molecule has 5 heteroatoms. The van der Waals surface area contributed by atoms with E-state index in [1.54, 1.807) is 6.07 Å². The van der Waals surface area contributed by atoms with Crippen LogP contribution in [0.15, 0.2) is 27.4 Å². The first kappa shape index (κ1) is 16.0. The summed E-state index contributed by atoms with van der Waals surface area (Å²) in [6.07, 6.45) is 2.83. The van der Waals surface area contributed by atoms with Crippen LogP contribution < -0.4 is 5.63 Å². The van der Waals surface area contributed by atoms with E-state index in [2.05, 4.69) is 4.90 Å². The predicted molar refractivity (Wildman–Crippen MR) is 88.6 cm³/mol. The average molecular weight is 317 g/mol. The summed E-state index contributed by atoms with van der Waals surface area (Å²) in [5.74, 6) is 0.476. The highest BCUT2D eigenvalue weighted by molar-refractivity contribution is 5.82. The summed E-state index contributed by atoms with van der Waals surface area (Å²) >= 11 is 0. The van der Waals surface area contributed by atoms with E-state index in [0.29, 0.717) is 18.0 Å². The molecule has 1 aliphatic heterocycles. The maximum absolute atomic E-state index is 11.8. The number of aryl methyl sites for hydroxylation is 1. The van der Waals surface area contributed by atoms with Crippen molar-refractivity contribution in [3.8, 4) is 5.75 Å². The van der Waals surface area contributed by atoms with Crippen LogP contribution >= 0.6 is 0 Å². The Labute approximate surface area is 135 Å². The summed E-state index contributed by atoms with van der Waals surface area (Å²) in [4.78, 5) is 14.1. The molecule has 2 N–H and O–H groups in total. The van der Waals surface area contributed by atoms with Crippen LogP contribution in [0.4, 0.5) is 0 Å². The van der Waals surface area contributed by atoms with Crippen LogP contribution in [0.2, 0.25) is 0 Å². The number of benzene rings is 1. The van der Waals surface area contributed by atoms with E-state index in [1.165, 1.54) is 6.07 Å². The van der Waals surface area contributed by atoms with Gasteiger partial charge in [-0.15, -0.1) is 0 Å². The number of aliphatic hydroxyl groups excluding tert-OH is 1. The number of phenols is 1. The lowest BCUT2D eigenvalue weighted by atomic mass is 9.98. The minimum absolute atomic E-state index is 0.165. The Morgan fingerprint density at radius 1 is 1.30 bits per heavy atom. The van der Waals surface area contributed by atoms with Crippen molar-refractivity contribution in [2.75, 3.05) is 19.7 Å². The van der Waals surface area contributed by atoms with Gasteiger partial charge in [-0.25, -0.2) is 4.79 Å². The number of hydrogen-bond donors (Lipinski definition) is 2. The lowest BCUT2D eigenvalue weighted by molar-refractivity contribution is 0.116. The molecule has 124 valence electrons. The fourth-order valence-corrected chi connectivity index (χ4v) is 3.41. The van der Waals surface area contributed by atoms with Gasteiger partial charge in [-0.05, 0) is 48.9 Å². The van der Waals surface area contributed by atoms with Gasteiger partial charge in [0.2, 0.25) is 0 Å². The second kappa shape index (κ2) is 6.72. The van der Waals surface area contributed by atoms with Crippen LogP contribution in [0.1, 0.15) is 30.9 Å². The Morgan fingerprint density at radius 2 is 2.13 bits per heavy atom. The van der Waals surface area contributed by atoms with Crippen molar-refractivity contribution >= 4 is 11.0 Å². The van der Waals surface area contributed by atoms with Crippen molar-refractivity contribution in [1.82, 2.24) is 4.90 Å². The van der Waals surface area contributed by atoms with Gasteiger partial charge in [0.1, 0.15) is 11.3 Å². The molecule has 0 bridgehead atoms. The largest absolute Gasteiger partial charge is 0.508 e. The zero-order valence-corrected chi connectivity index (χ0v) is 13.4. The molecule has 1 fully saturated rings. The van der Waals surface area contributed by atoms with Crippen LogP contribution in [-0.4, -0.2) is 34.8 Å². The second-order valence-corrected chi connectivity index (χ2v) is 6.35. The Kier molecular flexibility index (Phi) is 4.68. The summed E-state index contributed by atoms with van der Waals surface area (Å²) in [5.41, 5.74) is 1.80. The average Bonchev–Trinajstić information content (AvgIpc) is 2.54. The van der Waals surface area contributed by atoms with Gasteiger partial charge in [-0.2, -0.15) is 0 Å². The quantitative estimate of drug-likeness (QED) is 0.846. The Morgan fingerprint density at radius 3 is 2.87 bits per heavy atom. The molecular weight excluding hydrogens is 294 g/mol. The SMILES string of the molecule is CCc1cc2c(CN3CCCC(CO)C3)cc(=O)oc2cc1O. The molecule has 2 aromatic rings. The second-order valence-electron chi connectivity index (χ2n) is 6.35. The zero-order chi connectivity index (χ0) is 16.4. The maximum atomic E-state index is 11.8. The van der Waals surface area contributed by atoms with Crippen molar-refractivity contribution in [3.63, 3.8) is 0 Å². The lowest BCUT2D eigenvalue weighted by Crippen LogP contribution is -2.36. The predicted octanol–water partition coefficient (Wildman–Crippen LogP) is 2.27. The molecule has 1 saturated heterocycles. The van der Waals surface area contributed by atoms with Gasteiger partial charge in [0.15, 0.2) is 0 Å². The third-order valence-corrected chi connectivity index (χ3v) is 4.67. The molecule has 0 aliphatic carbocycles. The van der Waals surface area contributed by atoms with Crippen LogP contribution in [0.25, 0.3) is 11.0 Å². The first-order chi connectivity index (χ1) is 11.1. The van der Waals surface area contributed by atoms with Crippen molar-refractivity contribution in [3.05, 3.63) is 39.7 Å². The van der Waals surface area contributed by atoms with Gasteiger partial charge in [0.05, 0.1) is 0 Å². The van der Waals surface area contributed by atoms with Gasteiger partial charge in [-0.3, -0.25) is 4.90 Å². The number of phenolic OH excluding ortho intramolecular Hbond substituents is 1. The van der Waals surface area contributed by atoms with Crippen molar-refractivity contribution in [2.45, 2.75) is 32.7 Å². The number of aliphatic hydroxyl groups is 1. The molecule has 0 amide bonds. The molecule has 1 atom stereocenters. The van der Waals surface area contributed by atoms with Crippen LogP contribution in [0.3, 0.4) is 0 Å². The molecule has 2 heterocycles. The van der Waals surface area contributed by atoms with Gasteiger partial charge in [-0.1, -0.05) is 6.92 Å². The molecule has 1 aromatic heterocycles. The molecule has 23 heavy (non-hydrogen) atoms. The van der Waals surface area contributed by atoms with Crippen molar-refractivity contribution in [1.29, 1.82) is 0 Å². The first-order valence-corrected chi connectivity index (χ1v) is 8.22. The van der Waals surface area contributed by atoms with E-state index in [1.807, 2.05) is 13.0 Å². The highest BCUT2D eigenvalue weighted by Gasteiger charge is 2.20. The Balaban J connectivity index is 1.97. The lowest BCUT2D eigenvalue weighted by Gasteiger charge is -2.31.